The third kappa shape index (κ3) is 2.98. The lowest BCUT2D eigenvalue weighted by molar-refractivity contribution is 0.992. The minimum Gasteiger partial charge on any atom is -0.309 e. The summed E-state index contributed by atoms with van der Waals surface area (Å²) in [5.41, 5.74) is 7.81. The van der Waals surface area contributed by atoms with Gasteiger partial charge in [0.25, 0.3) is 0 Å². The van der Waals surface area contributed by atoms with E-state index in [2.05, 4.69) is 112 Å². The first-order valence-corrected chi connectivity index (χ1v) is 12.8. The third-order valence-electron chi connectivity index (χ3n) is 7.43. The van der Waals surface area contributed by atoms with E-state index in [1.54, 1.807) is 0 Å². The first kappa shape index (κ1) is 20.9. The summed E-state index contributed by atoms with van der Waals surface area (Å²) in [7, 11) is 0. The highest BCUT2D eigenvalue weighted by Gasteiger charge is 2.21. The van der Waals surface area contributed by atoms with Crippen LogP contribution in [0.4, 0.5) is 0 Å². The SMILES string of the molecule is c1ccc(-c2cnc(-n3c4ccccc4c4ccc5c(c6ccccc6n5-c5ccccc5)c43)nc2)cc1. The van der Waals surface area contributed by atoms with Gasteiger partial charge in [-0.25, -0.2) is 9.97 Å². The van der Waals surface area contributed by atoms with E-state index >= 15 is 0 Å². The summed E-state index contributed by atoms with van der Waals surface area (Å²) in [4.78, 5) is 9.79. The van der Waals surface area contributed by atoms with E-state index in [1.807, 2.05) is 30.6 Å². The molecule has 4 nitrogen and oxygen atoms in total. The molecule has 0 unspecified atom stereocenters. The van der Waals surface area contributed by atoms with Crippen molar-refractivity contribution in [2.75, 3.05) is 0 Å². The molecule has 3 aromatic heterocycles. The van der Waals surface area contributed by atoms with Gasteiger partial charge in [-0.3, -0.25) is 4.57 Å². The highest BCUT2D eigenvalue weighted by Crippen LogP contribution is 2.41. The zero-order valence-electron chi connectivity index (χ0n) is 20.5. The predicted octanol–water partition coefficient (Wildman–Crippen LogP) is 8.34. The number of hydrogen-bond donors (Lipinski definition) is 0. The Hall–Kier alpha value is -5.22. The molecule has 8 aromatic rings. The number of para-hydroxylation sites is 3. The smallest absolute Gasteiger partial charge is 0.234 e. The van der Waals surface area contributed by atoms with Gasteiger partial charge < -0.3 is 4.57 Å². The number of aromatic nitrogens is 4. The van der Waals surface area contributed by atoms with Gasteiger partial charge in [-0.1, -0.05) is 91.0 Å². The Bertz CT molecular complexity index is 2100. The molecule has 3 heterocycles. The molecule has 0 N–H and O–H groups in total. The Morgan fingerprint density at radius 2 is 1.03 bits per heavy atom. The van der Waals surface area contributed by atoms with Crippen molar-refractivity contribution in [2.24, 2.45) is 0 Å². The quantitative estimate of drug-likeness (QED) is 0.252. The van der Waals surface area contributed by atoms with Crippen LogP contribution in [0.1, 0.15) is 0 Å². The maximum Gasteiger partial charge on any atom is 0.234 e. The molecule has 0 fully saturated rings. The second kappa shape index (κ2) is 8.15. The van der Waals surface area contributed by atoms with Crippen molar-refractivity contribution in [2.45, 2.75) is 0 Å². The fraction of sp³-hybridized carbons (Fsp3) is 0. The molecular weight excluding hydrogens is 464 g/mol. The van der Waals surface area contributed by atoms with Gasteiger partial charge in [0.2, 0.25) is 5.95 Å². The third-order valence-corrected chi connectivity index (χ3v) is 7.43. The highest BCUT2D eigenvalue weighted by molar-refractivity contribution is 6.26. The van der Waals surface area contributed by atoms with Crippen LogP contribution in [-0.2, 0) is 0 Å². The van der Waals surface area contributed by atoms with Crippen LogP contribution in [0.5, 0.6) is 0 Å². The average Bonchev–Trinajstić information content (AvgIpc) is 3.51. The summed E-state index contributed by atoms with van der Waals surface area (Å²) in [6.07, 6.45) is 3.84. The minimum atomic E-state index is 0.667. The molecule has 0 aliphatic carbocycles. The predicted molar refractivity (Wildman–Crippen MR) is 156 cm³/mol. The fourth-order valence-electron chi connectivity index (χ4n) is 5.79. The van der Waals surface area contributed by atoms with Crippen molar-refractivity contribution >= 4 is 43.6 Å². The molecule has 0 spiro atoms. The van der Waals surface area contributed by atoms with E-state index in [4.69, 9.17) is 9.97 Å². The molecule has 0 aliphatic heterocycles. The summed E-state index contributed by atoms with van der Waals surface area (Å²) >= 11 is 0. The van der Waals surface area contributed by atoms with E-state index in [9.17, 15) is 0 Å². The van der Waals surface area contributed by atoms with Gasteiger partial charge in [0.1, 0.15) is 0 Å². The fourth-order valence-corrected chi connectivity index (χ4v) is 5.79. The van der Waals surface area contributed by atoms with Crippen LogP contribution >= 0.6 is 0 Å². The zero-order chi connectivity index (χ0) is 25.1. The summed E-state index contributed by atoms with van der Waals surface area (Å²) < 4.78 is 4.58. The molecule has 0 saturated heterocycles. The van der Waals surface area contributed by atoms with E-state index < -0.39 is 0 Å². The van der Waals surface area contributed by atoms with Gasteiger partial charge in [0, 0.05) is 45.2 Å². The Morgan fingerprint density at radius 1 is 0.421 bits per heavy atom. The molecule has 0 saturated carbocycles. The maximum atomic E-state index is 4.89. The second-order valence-electron chi connectivity index (χ2n) is 9.53. The number of fused-ring (bicyclic) bond motifs is 7. The molecule has 0 atom stereocenters. The lowest BCUT2D eigenvalue weighted by Crippen LogP contribution is -2.01. The molecule has 0 radical (unpaired) electrons. The van der Waals surface area contributed by atoms with Crippen molar-refractivity contribution in [3.8, 4) is 22.8 Å². The molecule has 0 bridgehead atoms. The van der Waals surface area contributed by atoms with E-state index in [-0.39, 0.29) is 0 Å². The molecule has 8 rings (SSSR count). The van der Waals surface area contributed by atoms with E-state index in [0.717, 1.165) is 33.4 Å². The van der Waals surface area contributed by atoms with E-state index in [0.29, 0.717) is 5.95 Å². The average molecular weight is 487 g/mol. The first-order valence-electron chi connectivity index (χ1n) is 12.8. The Balaban J connectivity index is 1.50. The number of rotatable bonds is 3. The zero-order valence-corrected chi connectivity index (χ0v) is 20.5. The van der Waals surface area contributed by atoms with Crippen LogP contribution in [0.2, 0.25) is 0 Å². The number of benzene rings is 5. The number of nitrogens with zero attached hydrogens (tertiary/aromatic N) is 4. The highest BCUT2D eigenvalue weighted by atomic mass is 15.2. The van der Waals surface area contributed by atoms with Crippen LogP contribution in [0.25, 0.3) is 66.4 Å². The summed E-state index contributed by atoms with van der Waals surface area (Å²) in [6, 6.07) is 42.5. The lowest BCUT2D eigenvalue weighted by atomic mass is 10.1. The van der Waals surface area contributed by atoms with Crippen LogP contribution in [0.3, 0.4) is 0 Å². The topological polar surface area (TPSA) is 35.6 Å². The molecule has 4 heteroatoms. The standard InChI is InChI=1S/C34H22N4/c1-3-11-23(12-4-1)24-21-35-34(36-22-24)38-29-17-9-7-15-26(29)27-19-20-31-32(33(27)38)28-16-8-10-18-30(28)37(31)25-13-5-2-6-14-25/h1-22H. The molecule has 0 aliphatic rings. The lowest BCUT2D eigenvalue weighted by Gasteiger charge is -2.09. The number of hydrogen-bond acceptors (Lipinski definition) is 2. The van der Waals surface area contributed by atoms with Gasteiger partial charge in [-0.15, -0.1) is 0 Å². The summed E-state index contributed by atoms with van der Waals surface area (Å²) in [5, 5.41) is 4.80. The molecule has 0 amide bonds. The first-order chi connectivity index (χ1) is 18.9. The monoisotopic (exact) mass is 486 g/mol. The molecule has 5 aromatic carbocycles. The maximum absolute atomic E-state index is 4.89. The van der Waals surface area contributed by atoms with Crippen molar-refractivity contribution in [1.29, 1.82) is 0 Å². The second-order valence-corrected chi connectivity index (χ2v) is 9.53. The molecule has 38 heavy (non-hydrogen) atoms. The van der Waals surface area contributed by atoms with Gasteiger partial charge in [-0.2, -0.15) is 0 Å². The van der Waals surface area contributed by atoms with Gasteiger partial charge >= 0.3 is 0 Å². The Labute approximate surface area is 219 Å². The van der Waals surface area contributed by atoms with Gasteiger partial charge in [-0.05, 0) is 35.9 Å². The Morgan fingerprint density at radius 3 is 1.76 bits per heavy atom. The van der Waals surface area contributed by atoms with Gasteiger partial charge in [0.15, 0.2) is 0 Å². The van der Waals surface area contributed by atoms with Crippen LogP contribution in [0.15, 0.2) is 134 Å². The summed E-state index contributed by atoms with van der Waals surface area (Å²) in [6.45, 7) is 0. The normalized spacial score (nSPS) is 11.7. The van der Waals surface area contributed by atoms with Crippen LogP contribution in [0, 0.1) is 0 Å². The minimum absolute atomic E-state index is 0.667. The Kier molecular flexibility index (Phi) is 4.49. The molecular formula is C34H22N4. The van der Waals surface area contributed by atoms with E-state index in [1.165, 1.54) is 27.1 Å². The molecule has 178 valence electrons. The largest absolute Gasteiger partial charge is 0.309 e. The van der Waals surface area contributed by atoms with Crippen LogP contribution in [-0.4, -0.2) is 19.1 Å². The summed E-state index contributed by atoms with van der Waals surface area (Å²) in [5.74, 6) is 0.667. The van der Waals surface area contributed by atoms with Crippen molar-refractivity contribution in [1.82, 2.24) is 19.1 Å². The van der Waals surface area contributed by atoms with Gasteiger partial charge in [0.05, 0.1) is 22.1 Å². The van der Waals surface area contributed by atoms with Crippen LogP contribution < -0.4 is 0 Å². The van der Waals surface area contributed by atoms with Crippen molar-refractivity contribution in [3.63, 3.8) is 0 Å². The van der Waals surface area contributed by atoms with Crippen molar-refractivity contribution < 1.29 is 0 Å². The van der Waals surface area contributed by atoms with Crippen molar-refractivity contribution in [3.05, 3.63) is 134 Å².